The van der Waals surface area contributed by atoms with Gasteiger partial charge in [0.1, 0.15) is 4.75 Å². The van der Waals surface area contributed by atoms with Gasteiger partial charge in [-0.1, -0.05) is 0 Å². The van der Waals surface area contributed by atoms with Gasteiger partial charge in [0.25, 0.3) is 0 Å². The fraction of sp³-hybridized carbons (Fsp3) is 0.909. The SMILES string of the molecule is CCOC(=O)C(C)(C)SC[C@@H]1CCOC1. The van der Waals surface area contributed by atoms with Gasteiger partial charge in [0.05, 0.1) is 13.2 Å². The molecule has 0 bridgehead atoms. The molecule has 15 heavy (non-hydrogen) atoms. The lowest BCUT2D eigenvalue weighted by atomic mass is 10.2. The van der Waals surface area contributed by atoms with E-state index >= 15 is 0 Å². The van der Waals surface area contributed by atoms with E-state index in [1.165, 1.54) is 0 Å². The average Bonchev–Trinajstić information content (AvgIpc) is 2.68. The maximum atomic E-state index is 11.6. The fourth-order valence-corrected chi connectivity index (χ4v) is 2.50. The Kier molecular flexibility index (Phi) is 4.93. The Balaban J connectivity index is 2.30. The highest BCUT2D eigenvalue weighted by Gasteiger charge is 2.31. The van der Waals surface area contributed by atoms with Crippen LogP contribution >= 0.6 is 11.8 Å². The molecule has 1 aliphatic rings. The molecule has 0 saturated carbocycles. The normalized spacial score (nSPS) is 21.7. The maximum absolute atomic E-state index is 11.6. The number of ether oxygens (including phenoxy) is 2. The molecule has 88 valence electrons. The second kappa shape index (κ2) is 5.75. The minimum atomic E-state index is -0.432. The zero-order valence-corrected chi connectivity index (χ0v) is 10.6. The Labute approximate surface area is 95.9 Å². The number of carbonyl (C=O) groups is 1. The summed E-state index contributed by atoms with van der Waals surface area (Å²) >= 11 is 1.67. The molecule has 0 unspecified atom stereocenters. The van der Waals surface area contributed by atoms with Crippen LogP contribution in [-0.4, -0.2) is 36.3 Å². The summed E-state index contributed by atoms with van der Waals surface area (Å²) in [5.41, 5.74) is 0. The first kappa shape index (κ1) is 12.8. The minimum absolute atomic E-state index is 0.117. The molecule has 1 rings (SSSR count). The van der Waals surface area contributed by atoms with E-state index in [0.29, 0.717) is 12.5 Å². The first-order valence-corrected chi connectivity index (χ1v) is 6.43. The number of rotatable bonds is 5. The first-order valence-electron chi connectivity index (χ1n) is 5.45. The van der Waals surface area contributed by atoms with E-state index in [0.717, 1.165) is 25.4 Å². The Bertz CT molecular complexity index is 210. The van der Waals surface area contributed by atoms with Crippen molar-refractivity contribution in [1.29, 1.82) is 0 Å². The van der Waals surface area contributed by atoms with Crippen molar-refractivity contribution >= 4 is 17.7 Å². The summed E-state index contributed by atoms with van der Waals surface area (Å²) in [4.78, 5) is 11.6. The molecule has 0 aromatic rings. The van der Waals surface area contributed by atoms with Crippen molar-refractivity contribution < 1.29 is 14.3 Å². The molecule has 1 fully saturated rings. The van der Waals surface area contributed by atoms with Crippen LogP contribution in [0.2, 0.25) is 0 Å². The van der Waals surface area contributed by atoms with Gasteiger partial charge in [0.2, 0.25) is 0 Å². The van der Waals surface area contributed by atoms with Crippen LogP contribution < -0.4 is 0 Å². The smallest absolute Gasteiger partial charge is 0.321 e. The summed E-state index contributed by atoms with van der Waals surface area (Å²) in [6.07, 6.45) is 1.12. The molecule has 0 aromatic carbocycles. The van der Waals surface area contributed by atoms with Crippen molar-refractivity contribution in [3.05, 3.63) is 0 Å². The van der Waals surface area contributed by atoms with Crippen molar-refractivity contribution in [2.45, 2.75) is 31.9 Å². The largest absolute Gasteiger partial charge is 0.465 e. The molecule has 0 N–H and O–H groups in total. The number of hydrogen-bond donors (Lipinski definition) is 0. The summed E-state index contributed by atoms with van der Waals surface area (Å²) < 4.78 is 9.90. The van der Waals surface area contributed by atoms with Crippen molar-refractivity contribution in [3.63, 3.8) is 0 Å². The van der Waals surface area contributed by atoms with E-state index in [1.807, 2.05) is 20.8 Å². The quantitative estimate of drug-likeness (QED) is 0.680. The molecule has 3 nitrogen and oxygen atoms in total. The van der Waals surface area contributed by atoms with E-state index in [2.05, 4.69) is 0 Å². The summed E-state index contributed by atoms with van der Waals surface area (Å²) in [5, 5.41) is 0. The minimum Gasteiger partial charge on any atom is -0.465 e. The number of carbonyl (C=O) groups excluding carboxylic acids is 1. The third-order valence-corrected chi connectivity index (χ3v) is 4.00. The van der Waals surface area contributed by atoms with Gasteiger partial charge >= 0.3 is 5.97 Å². The van der Waals surface area contributed by atoms with Crippen molar-refractivity contribution in [1.82, 2.24) is 0 Å². The molecule has 1 heterocycles. The molecular weight excluding hydrogens is 212 g/mol. The van der Waals surface area contributed by atoms with E-state index < -0.39 is 4.75 Å². The van der Waals surface area contributed by atoms with Crippen LogP contribution in [0.25, 0.3) is 0 Å². The standard InChI is InChI=1S/C11H20O3S/c1-4-14-10(12)11(2,3)15-8-9-5-6-13-7-9/h9H,4-8H2,1-3H3/t9-/m1/s1. The maximum Gasteiger partial charge on any atom is 0.321 e. The van der Waals surface area contributed by atoms with Gasteiger partial charge in [-0.25, -0.2) is 0 Å². The Morgan fingerprint density at radius 3 is 2.87 bits per heavy atom. The third kappa shape index (κ3) is 4.03. The lowest BCUT2D eigenvalue weighted by Gasteiger charge is -2.22. The average molecular weight is 232 g/mol. The van der Waals surface area contributed by atoms with Gasteiger partial charge in [0.15, 0.2) is 0 Å². The van der Waals surface area contributed by atoms with E-state index in [4.69, 9.17) is 9.47 Å². The van der Waals surface area contributed by atoms with Crippen LogP contribution in [0.15, 0.2) is 0 Å². The molecule has 1 aliphatic heterocycles. The summed E-state index contributed by atoms with van der Waals surface area (Å²) in [7, 11) is 0. The molecule has 4 heteroatoms. The molecule has 0 amide bonds. The monoisotopic (exact) mass is 232 g/mol. The van der Waals surface area contributed by atoms with Crippen molar-refractivity contribution in [2.24, 2.45) is 5.92 Å². The predicted octanol–water partition coefficient (Wildman–Crippen LogP) is 2.10. The molecule has 0 aliphatic carbocycles. The summed E-state index contributed by atoms with van der Waals surface area (Å²) in [5.74, 6) is 1.46. The Morgan fingerprint density at radius 1 is 1.60 bits per heavy atom. The summed E-state index contributed by atoms with van der Waals surface area (Å²) in [6, 6.07) is 0. The van der Waals surface area contributed by atoms with Crippen molar-refractivity contribution in [3.8, 4) is 0 Å². The lowest BCUT2D eigenvalue weighted by Crippen LogP contribution is -2.31. The van der Waals surface area contributed by atoms with Crippen LogP contribution in [0.3, 0.4) is 0 Å². The summed E-state index contributed by atoms with van der Waals surface area (Å²) in [6.45, 7) is 7.84. The fourth-order valence-electron chi connectivity index (χ4n) is 1.40. The zero-order chi connectivity index (χ0) is 11.3. The topological polar surface area (TPSA) is 35.5 Å². The number of hydrogen-bond acceptors (Lipinski definition) is 4. The van der Waals surface area contributed by atoms with Gasteiger partial charge in [-0.2, -0.15) is 0 Å². The van der Waals surface area contributed by atoms with E-state index in [1.54, 1.807) is 11.8 Å². The molecular formula is C11H20O3S. The van der Waals surface area contributed by atoms with E-state index in [9.17, 15) is 4.79 Å². The molecule has 0 aromatic heterocycles. The van der Waals surface area contributed by atoms with Crippen LogP contribution in [0.5, 0.6) is 0 Å². The highest BCUT2D eigenvalue weighted by molar-refractivity contribution is 8.01. The van der Waals surface area contributed by atoms with Crippen LogP contribution in [0.1, 0.15) is 27.2 Å². The van der Waals surface area contributed by atoms with Crippen LogP contribution in [0, 0.1) is 5.92 Å². The Morgan fingerprint density at radius 2 is 2.33 bits per heavy atom. The van der Waals surface area contributed by atoms with Crippen LogP contribution in [-0.2, 0) is 14.3 Å². The van der Waals surface area contributed by atoms with Gasteiger partial charge in [0, 0.05) is 6.61 Å². The highest BCUT2D eigenvalue weighted by Crippen LogP contribution is 2.30. The van der Waals surface area contributed by atoms with Crippen LogP contribution in [0.4, 0.5) is 0 Å². The van der Waals surface area contributed by atoms with Gasteiger partial charge in [-0.15, -0.1) is 11.8 Å². The molecule has 0 spiro atoms. The number of esters is 1. The second-order valence-electron chi connectivity index (χ2n) is 4.27. The van der Waals surface area contributed by atoms with Crippen molar-refractivity contribution in [2.75, 3.05) is 25.6 Å². The third-order valence-electron chi connectivity index (χ3n) is 2.47. The Hall–Kier alpha value is -0.220. The highest BCUT2D eigenvalue weighted by atomic mass is 32.2. The second-order valence-corrected chi connectivity index (χ2v) is 5.91. The van der Waals surface area contributed by atoms with E-state index in [-0.39, 0.29) is 5.97 Å². The zero-order valence-electron chi connectivity index (χ0n) is 9.75. The predicted molar refractivity (Wildman–Crippen MR) is 62.1 cm³/mol. The number of thioether (sulfide) groups is 1. The van der Waals surface area contributed by atoms with Gasteiger partial charge < -0.3 is 9.47 Å². The van der Waals surface area contributed by atoms with Gasteiger partial charge in [-0.3, -0.25) is 4.79 Å². The lowest BCUT2D eigenvalue weighted by molar-refractivity contribution is -0.145. The molecule has 1 atom stereocenters. The first-order chi connectivity index (χ1) is 7.06. The molecule has 1 saturated heterocycles. The molecule has 0 radical (unpaired) electrons. The van der Waals surface area contributed by atoms with Gasteiger partial charge in [-0.05, 0) is 38.9 Å².